The highest BCUT2D eigenvalue weighted by Gasteiger charge is 2.00. The Kier molecular flexibility index (Phi) is 6.30. The number of nitrogens with zero attached hydrogens (tertiary/aromatic N) is 1. The van der Waals surface area contributed by atoms with Gasteiger partial charge in [0, 0.05) is 11.8 Å². The molecule has 1 aromatic carbocycles. The summed E-state index contributed by atoms with van der Waals surface area (Å²) in [5, 5.41) is 0. The van der Waals surface area contributed by atoms with E-state index in [1.54, 1.807) is 0 Å². The Balaban J connectivity index is 1.84. The van der Waals surface area contributed by atoms with E-state index in [9.17, 15) is 0 Å². The molecule has 0 saturated heterocycles. The van der Waals surface area contributed by atoms with Crippen LogP contribution in [0.1, 0.15) is 51.0 Å². The molecule has 0 aliphatic carbocycles. The summed E-state index contributed by atoms with van der Waals surface area (Å²) in [4.78, 5) is 4.48. The Labute approximate surface area is 123 Å². The number of hydrogen-bond donors (Lipinski definition) is 0. The fourth-order valence-corrected chi connectivity index (χ4v) is 2.51. The molecule has 0 spiro atoms. The highest BCUT2D eigenvalue weighted by Crippen LogP contribution is 2.18. The average molecular weight is 267 g/mol. The summed E-state index contributed by atoms with van der Waals surface area (Å²) in [7, 11) is 0. The molecule has 1 heterocycles. The molecule has 1 heteroatoms. The van der Waals surface area contributed by atoms with Gasteiger partial charge in [-0.15, -0.1) is 0 Å². The van der Waals surface area contributed by atoms with Crippen molar-refractivity contribution in [3.05, 3.63) is 54.2 Å². The zero-order valence-electron chi connectivity index (χ0n) is 12.5. The number of benzene rings is 1. The summed E-state index contributed by atoms with van der Waals surface area (Å²) in [6.07, 6.45) is 11.2. The van der Waals surface area contributed by atoms with Crippen molar-refractivity contribution in [2.75, 3.05) is 0 Å². The molecule has 106 valence electrons. The van der Waals surface area contributed by atoms with Gasteiger partial charge in [0.25, 0.3) is 0 Å². The van der Waals surface area contributed by atoms with Crippen LogP contribution in [-0.2, 0) is 6.42 Å². The van der Waals surface area contributed by atoms with Gasteiger partial charge < -0.3 is 0 Å². The van der Waals surface area contributed by atoms with Crippen LogP contribution in [0, 0.1) is 0 Å². The summed E-state index contributed by atoms with van der Waals surface area (Å²) in [6, 6.07) is 14.8. The molecule has 2 rings (SSSR count). The smallest absolute Gasteiger partial charge is 0.0704 e. The van der Waals surface area contributed by atoms with Gasteiger partial charge in [-0.25, -0.2) is 0 Å². The SMILES string of the molecule is CCCCCCCCc1ccnc(-c2ccccc2)c1. The normalized spacial score (nSPS) is 10.7. The molecule has 20 heavy (non-hydrogen) atoms. The summed E-state index contributed by atoms with van der Waals surface area (Å²) >= 11 is 0. The highest BCUT2D eigenvalue weighted by atomic mass is 14.7. The van der Waals surface area contributed by atoms with Gasteiger partial charge in [0.05, 0.1) is 5.69 Å². The van der Waals surface area contributed by atoms with Crippen molar-refractivity contribution >= 4 is 0 Å². The molecule has 0 aliphatic rings. The van der Waals surface area contributed by atoms with Crippen molar-refractivity contribution in [1.82, 2.24) is 4.98 Å². The van der Waals surface area contributed by atoms with E-state index in [2.05, 4.69) is 48.3 Å². The second-order valence-electron chi connectivity index (χ2n) is 5.43. The Hall–Kier alpha value is -1.63. The summed E-state index contributed by atoms with van der Waals surface area (Å²) in [6.45, 7) is 2.27. The second-order valence-corrected chi connectivity index (χ2v) is 5.43. The van der Waals surface area contributed by atoms with E-state index in [1.807, 2.05) is 12.3 Å². The first-order valence-corrected chi connectivity index (χ1v) is 7.90. The lowest BCUT2D eigenvalue weighted by Gasteiger charge is -2.05. The Bertz CT molecular complexity index is 490. The molecule has 0 bridgehead atoms. The number of aryl methyl sites for hydroxylation is 1. The Morgan fingerprint density at radius 1 is 0.850 bits per heavy atom. The average Bonchev–Trinajstić information content (AvgIpc) is 2.52. The summed E-state index contributed by atoms with van der Waals surface area (Å²) in [5.74, 6) is 0. The molecule has 0 amide bonds. The van der Waals surface area contributed by atoms with Crippen LogP contribution in [0.2, 0.25) is 0 Å². The van der Waals surface area contributed by atoms with Crippen LogP contribution in [0.25, 0.3) is 11.3 Å². The van der Waals surface area contributed by atoms with E-state index in [4.69, 9.17) is 0 Å². The van der Waals surface area contributed by atoms with E-state index >= 15 is 0 Å². The van der Waals surface area contributed by atoms with Crippen LogP contribution in [0.3, 0.4) is 0 Å². The number of unbranched alkanes of at least 4 members (excludes halogenated alkanes) is 5. The molecule has 0 aliphatic heterocycles. The first-order valence-electron chi connectivity index (χ1n) is 7.90. The molecule has 0 N–H and O–H groups in total. The summed E-state index contributed by atoms with van der Waals surface area (Å²) in [5.41, 5.74) is 3.71. The van der Waals surface area contributed by atoms with E-state index in [0.29, 0.717) is 0 Å². The van der Waals surface area contributed by atoms with Gasteiger partial charge in [-0.05, 0) is 30.5 Å². The van der Waals surface area contributed by atoms with E-state index in [0.717, 1.165) is 5.69 Å². The predicted octanol–water partition coefficient (Wildman–Crippen LogP) is 5.65. The Morgan fingerprint density at radius 3 is 2.40 bits per heavy atom. The standard InChI is InChI=1S/C19H25N/c1-2-3-4-5-6-8-11-17-14-15-20-19(16-17)18-12-9-7-10-13-18/h7,9-10,12-16H,2-6,8,11H2,1H3. The number of hydrogen-bond acceptors (Lipinski definition) is 1. The second kappa shape index (κ2) is 8.52. The molecule has 0 unspecified atom stereocenters. The maximum Gasteiger partial charge on any atom is 0.0704 e. The predicted molar refractivity (Wildman–Crippen MR) is 86.8 cm³/mol. The molecule has 0 radical (unpaired) electrons. The largest absolute Gasteiger partial charge is 0.256 e. The first kappa shape index (κ1) is 14.8. The molecule has 1 nitrogen and oxygen atoms in total. The van der Waals surface area contributed by atoms with E-state index < -0.39 is 0 Å². The third kappa shape index (κ3) is 4.80. The molecule has 0 atom stereocenters. The number of rotatable bonds is 8. The van der Waals surface area contributed by atoms with Crippen LogP contribution < -0.4 is 0 Å². The Morgan fingerprint density at radius 2 is 1.60 bits per heavy atom. The minimum Gasteiger partial charge on any atom is -0.256 e. The first-order chi connectivity index (χ1) is 9.90. The van der Waals surface area contributed by atoms with Gasteiger partial charge in [0.1, 0.15) is 0 Å². The van der Waals surface area contributed by atoms with Crippen molar-refractivity contribution in [2.24, 2.45) is 0 Å². The van der Waals surface area contributed by atoms with Crippen LogP contribution in [0.5, 0.6) is 0 Å². The zero-order valence-corrected chi connectivity index (χ0v) is 12.5. The molecule has 0 fully saturated rings. The van der Waals surface area contributed by atoms with Gasteiger partial charge in [0.2, 0.25) is 0 Å². The van der Waals surface area contributed by atoms with Crippen LogP contribution >= 0.6 is 0 Å². The molecule has 0 saturated carbocycles. The lowest BCUT2D eigenvalue weighted by Crippen LogP contribution is -1.90. The molecular weight excluding hydrogens is 242 g/mol. The third-order valence-electron chi connectivity index (χ3n) is 3.71. The van der Waals surface area contributed by atoms with Crippen molar-refractivity contribution in [1.29, 1.82) is 0 Å². The summed E-state index contributed by atoms with van der Waals surface area (Å²) < 4.78 is 0. The van der Waals surface area contributed by atoms with Crippen molar-refractivity contribution in [3.8, 4) is 11.3 Å². The lowest BCUT2D eigenvalue weighted by atomic mass is 10.0. The van der Waals surface area contributed by atoms with Gasteiger partial charge >= 0.3 is 0 Å². The maximum absolute atomic E-state index is 4.48. The minimum absolute atomic E-state index is 1.09. The fourth-order valence-electron chi connectivity index (χ4n) is 2.51. The molecule has 1 aromatic heterocycles. The number of aromatic nitrogens is 1. The van der Waals surface area contributed by atoms with Crippen LogP contribution in [0.4, 0.5) is 0 Å². The maximum atomic E-state index is 4.48. The monoisotopic (exact) mass is 267 g/mol. The van der Waals surface area contributed by atoms with Gasteiger partial charge in [-0.3, -0.25) is 4.98 Å². The fraction of sp³-hybridized carbons (Fsp3) is 0.421. The number of pyridine rings is 1. The van der Waals surface area contributed by atoms with Crippen molar-refractivity contribution in [3.63, 3.8) is 0 Å². The topological polar surface area (TPSA) is 12.9 Å². The molecule has 2 aromatic rings. The highest BCUT2D eigenvalue weighted by molar-refractivity contribution is 5.59. The van der Waals surface area contributed by atoms with E-state index in [1.165, 1.54) is 56.1 Å². The van der Waals surface area contributed by atoms with Crippen molar-refractivity contribution < 1.29 is 0 Å². The zero-order chi connectivity index (χ0) is 14.0. The minimum atomic E-state index is 1.09. The third-order valence-corrected chi connectivity index (χ3v) is 3.71. The van der Waals surface area contributed by atoms with Crippen LogP contribution in [0.15, 0.2) is 48.7 Å². The van der Waals surface area contributed by atoms with Gasteiger partial charge in [-0.1, -0.05) is 69.4 Å². The molecular formula is C19H25N. The lowest BCUT2D eigenvalue weighted by molar-refractivity contribution is 0.607. The van der Waals surface area contributed by atoms with Gasteiger partial charge in [0.15, 0.2) is 0 Å². The van der Waals surface area contributed by atoms with Gasteiger partial charge in [-0.2, -0.15) is 0 Å². The quantitative estimate of drug-likeness (QED) is 0.563. The van der Waals surface area contributed by atoms with Crippen molar-refractivity contribution in [2.45, 2.75) is 51.9 Å². The van der Waals surface area contributed by atoms with E-state index in [-0.39, 0.29) is 0 Å². The van der Waals surface area contributed by atoms with Crippen LogP contribution in [-0.4, -0.2) is 4.98 Å².